The summed E-state index contributed by atoms with van der Waals surface area (Å²) in [6.45, 7) is 8.07. The third-order valence-electron chi connectivity index (χ3n) is 5.46. The minimum Gasteiger partial charge on any atom is -0.379 e. The van der Waals surface area contributed by atoms with Gasteiger partial charge in [0.15, 0.2) is 0 Å². The maximum Gasteiger partial charge on any atom is 0.251 e. The summed E-state index contributed by atoms with van der Waals surface area (Å²) in [5, 5.41) is 3.00. The van der Waals surface area contributed by atoms with Crippen LogP contribution in [0, 0.1) is 6.92 Å². The molecule has 8 heteroatoms. The Balaban J connectivity index is 1.73. The van der Waals surface area contributed by atoms with Crippen molar-refractivity contribution in [2.45, 2.75) is 37.6 Å². The number of carbonyl (C=O) groups excluding carboxylic acids is 1. The van der Waals surface area contributed by atoms with E-state index in [0.29, 0.717) is 44.5 Å². The van der Waals surface area contributed by atoms with E-state index in [-0.39, 0.29) is 10.8 Å². The second-order valence-electron chi connectivity index (χ2n) is 7.13. The van der Waals surface area contributed by atoms with Crippen LogP contribution >= 0.6 is 0 Å². The number of amides is 1. The number of likely N-dealkylation sites (tertiary alicyclic amines) is 1. The fourth-order valence-corrected chi connectivity index (χ4v) is 5.23. The largest absolute Gasteiger partial charge is 0.379 e. The van der Waals surface area contributed by atoms with Gasteiger partial charge in [0.2, 0.25) is 10.0 Å². The molecule has 7 nitrogen and oxygen atoms in total. The number of nitrogens with zero attached hydrogens (tertiary/aromatic N) is 2. The number of benzene rings is 1. The average molecular weight is 396 g/mol. The summed E-state index contributed by atoms with van der Waals surface area (Å²) in [4.78, 5) is 15.2. The van der Waals surface area contributed by atoms with Crippen LogP contribution in [0.3, 0.4) is 0 Å². The molecule has 2 saturated heterocycles. The highest BCUT2D eigenvalue weighted by Gasteiger charge is 2.28. The molecular formula is C19H29N3O4S. The Morgan fingerprint density at radius 2 is 2.00 bits per heavy atom. The fraction of sp³-hybridized carbons (Fsp3) is 0.632. The standard InChI is InChI=1S/C19H29N3O4S/c1-3-21-8-4-5-16(21)14-20-19(23)18-13-17(7-6-15(18)2)27(24,25)22-9-11-26-12-10-22/h6-7,13,16H,3-5,8-12,14H2,1-2H3,(H,20,23)/t16-/m0/s1. The monoisotopic (exact) mass is 395 g/mol. The highest BCUT2D eigenvalue weighted by atomic mass is 32.2. The summed E-state index contributed by atoms with van der Waals surface area (Å²) in [6, 6.07) is 5.14. The van der Waals surface area contributed by atoms with E-state index in [9.17, 15) is 13.2 Å². The summed E-state index contributed by atoms with van der Waals surface area (Å²) in [6.07, 6.45) is 2.24. The molecular weight excluding hydrogens is 366 g/mol. The minimum absolute atomic E-state index is 0.163. The van der Waals surface area contributed by atoms with Gasteiger partial charge in [-0.2, -0.15) is 4.31 Å². The predicted molar refractivity (Wildman–Crippen MR) is 103 cm³/mol. The van der Waals surface area contributed by atoms with Gasteiger partial charge in [0.05, 0.1) is 18.1 Å². The second kappa shape index (κ2) is 8.68. The molecule has 1 aromatic carbocycles. The molecule has 1 aromatic rings. The van der Waals surface area contributed by atoms with Crippen LogP contribution in [-0.4, -0.2) is 75.5 Å². The molecule has 2 aliphatic heterocycles. The van der Waals surface area contributed by atoms with E-state index >= 15 is 0 Å². The zero-order valence-electron chi connectivity index (χ0n) is 16.1. The number of morpholine rings is 1. The lowest BCUT2D eigenvalue weighted by atomic mass is 10.1. The third kappa shape index (κ3) is 4.51. The molecule has 27 heavy (non-hydrogen) atoms. The Kier molecular flexibility index (Phi) is 6.52. The van der Waals surface area contributed by atoms with E-state index in [0.717, 1.165) is 31.5 Å². The highest BCUT2D eigenvalue weighted by Crippen LogP contribution is 2.21. The highest BCUT2D eigenvalue weighted by molar-refractivity contribution is 7.89. The third-order valence-corrected chi connectivity index (χ3v) is 7.36. The molecule has 0 radical (unpaired) electrons. The Labute approximate surface area is 161 Å². The van der Waals surface area contributed by atoms with Crippen molar-refractivity contribution >= 4 is 15.9 Å². The maximum atomic E-state index is 12.9. The molecule has 0 unspecified atom stereocenters. The average Bonchev–Trinajstić information content (AvgIpc) is 3.14. The van der Waals surface area contributed by atoms with Crippen molar-refractivity contribution in [1.82, 2.24) is 14.5 Å². The topological polar surface area (TPSA) is 79.0 Å². The van der Waals surface area contributed by atoms with Crippen molar-refractivity contribution in [3.05, 3.63) is 29.3 Å². The Bertz CT molecular complexity index is 775. The Morgan fingerprint density at radius 3 is 2.70 bits per heavy atom. The molecule has 1 amide bonds. The first-order chi connectivity index (χ1) is 12.9. The Morgan fingerprint density at radius 1 is 1.26 bits per heavy atom. The Hall–Kier alpha value is -1.48. The first kappa shape index (κ1) is 20.3. The number of rotatable bonds is 6. The van der Waals surface area contributed by atoms with Crippen LogP contribution in [0.4, 0.5) is 0 Å². The minimum atomic E-state index is -3.61. The number of likely N-dealkylation sites (N-methyl/N-ethyl adjacent to an activating group) is 1. The van der Waals surface area contributed by atoms with Gasteiger partial charge in [-0.1, -0.05) is 13.0 Å². The number of ether oxygens (including phenoxy) is 1. The summed E-state index contributed by atoms with van der Waals surface area (Å²) in [5.74, 6) is -0.213. The zero-order valence-corrected chi connectivity index (χ0v) is 16.9. The van der Waals surface area contributed by atoms with E-state index in [1.165, 1.54) is 10.4 Å². The molecule has 1 N–H and O–H groups in total. The number of nitrogens with one attached hydrogen (secondary N) is 1. The van der Waals surface area contributed by atoms with E-state index in [4.69, 9.17) is 4.74 Å². The van der Waals surface area contributed by atoms with E-state index in [1.807, 2.05) is 6.92 Å². The molecule has 0 bridgehead atoms. The molecule has 1 atom stereocenters. The lowest BCUT2D eigenvalue weighted by Crippen LogP contribution is -2.41. The van der Waals surface area contributed by atoms with Crippen molar-refractivity contribution in [1.29, 1.82) is 0 Å². The number of aryl methyl sites for hydroxylation is 1. The SMILES string of the molecule is CCN1CCC[C@H]1CNC(=O)c1cc(S(=O)(=O)N2CCOCC2)ccc1C. The quantitative estimate of drug-likeness (QED) is 0.784. The second-order valence-corrected chi connectivity index (χ2v) is 9.07. The summed E-state index contributed by atoms with van der Waals surface area (Å²) in [7, 11) is -3.61. The molecule has 2 fully saturated rings. The van der Waals surface area contributed by atoms with Crippen molar-refractivity contribution in [2.75, 3.05) is 45.9 Å². The van der Waals surface area contributed by atoms with Gasteiger partial charge in [-0.3, -0.25) is 9.69 Å². The van der Waals surface area contributed by atoms with Crippen LogP contribution in [0.15, 0.2) is 23.1 Å². The maximum absolute atomic E-state index is 12.9. The first-order valence-electron chi connectivity index (χ1n) is 9.64. The lowest BCUT2D eigenvalue weighted by Gasteiger charge is -2.26. The van der Waals surface area contributed by atoms with Gasteiger partial charge >= 0.3 is 0 Å². The molecule has 0 spiro atoms. The normalized spacial score (nSPS) is 22.1. The number of carbonyl (C=O) groups is 1. The van der Waals surface area contributed by atoms with E-state index in [1.54, 1.807) is 12.1 Å². The molecule has 0 aromatic heterocycles. The van der Waals surface area contributed by atoms with Crippen LogP contribution in [0.5, 0.6) is 0 Å². The van der Waals surface area contributed by atoms with Gasteiger partial charge in [0.1, 0.15) is 0 Å². The molecule has 0 aliphatic carbocycles. The smallest absolute Gasteiger partial charge is 0.251 e. The van der Waals surface area contributed by atoms with Crippen molar-refractivity contribution in [3.8, 4) is 0 Å². The van der Waals surface area contributed by atoms with Gasteiger partial charge in [-0.05, 0) is 50.6 Å². The number of sulfonamides is 1. The summed E-state index contributed by atoms with van der Waals surface area (Å²) < 4.78 is 32.4. The number of hydrogen-bond acceptors (Lipinski definition) is 5. The summed E-state index contributed by atoms with van der Waals surface area (Å²) in [5.41, 5.74) is 1.19. The fourth-order valence-electron chi connectivity index (χ4n) is 3.79. The van der Waals surface area contributed by atoms with Crippen LogP contribution < -0.4 is 5.32 Å². The predicted octanol–water partition coefficient (Wildman–Crippen LogP) is 1.23. The van der Waals surface area contributed by atoms with Crippen LogP contribution in [-0.2, 0) is 14.8 Å². The van der Waals surface area contributed by atoms with Gasteiger partial charge in [0.25, 0.3) is 5.91 Å². The molecule has 150 valence electrons. The van der Waals surface area contributed by atoms with Crippen molar-refractivity contribution in [3.63, 3.8) is 0 Å². The van der Waals surface area contributed by atoms with Gasteiger partial charge < -0.3 is 10.1 Å². The van der Waals surface area contributed by atoms with Crippen LogP contribution in [0.2, 0.25) is 0 Å². The van der Waals surface area contributed by atoms with Crippen molar-refractivity contribution < 1.29 is 17.9 Å². The first-order valence-corrected chi connectivity index (χ1v) is 11.1. The van der Waals surface area contributed by atoms with Gasteiger partial charge in [-0.25, -0.2) is 8.42 Å². The van der Waals surface area contributed by atoms with E-state index in [2.05, 4.69) is 17.1 Å². The van der Waals surface area contributed by atoms with Crippen LogP contribution in [0.1, 0.15) is 35.7 Å². The van der Waals surface area contributed by atoms with Gasteiger partial charge in [0, 0.05) is 31.2 Å². The van der Waals surface area contributed by atoms with E-state index < -0.39 is 10.0 Å². The lowest BCUT2D eigenvalue weighted by molar-refractivity contribution is 0.0730. The molecule has 0 saturated carbocycles. The summed E-state index contributed by atoms with van der Waals surface area (Å²) >= 11 is 0. The van der Waals surface area contributed by atoms with Gasteiger partial charge in [-0.15, -0.1) is 0 Å². The zero-order chi connectivity index (χ0) is 19.4. The van der Waals surface area contributed by atoms with Crippen molar-refractivity contribution in [2.24, 2.45) is 0 Å². The van der Waals surface area contributed by atoms with Crippen LogP contribution in [0.25, 0.3) is 0 Å². The molecule has 2 aliphatic rings. The number of hydrogen-bond donors (Lipinski definition) is 1. The molecule has 2 heterocycles. The molecule has 3 rings (SSSR count).